The summed E-state index contributed by atoms with van der Waals surface area (Å²) >= 11 is 1.57. The van der Waals surface area contributed by atoms with Crippen LogP contribution in [0.2, 0.25) is 0 Å². The highest BCUT2D eigenvalue weighted by Crippen LogP contribution is 2.28. The first-order valence-electron chi connectivity index (χ1n) is 8.70. The van der Waals surface area contributed by atoms with Crippen LogP contribution in [0.1, 0.15) is 22.9 Å². The fourth-order valence-electron chi connectivity index (χ4n) is 3.44. The van der Waals surface area contributed by atoms with Crippen molar-refractivity contribution in [2.75, 3.05) is 13.1 Å². The second kappa shape index (κ2) is 9.56. The molecule has 2 N–H and O–H groups in total. The smallest absolute Gasteiger partial charge is 0.236 e. The van der Waals surface area contributed by atoms with Gasteiger partial charge in [0.25, 0.3) is 0 Å². The van der Waals surface area contributed by atoms with E-state index in [4.69, 9.17) is 10.2 Å². The van der Waals surface area contributed by atoms with Crippen molar-refractivity contribution in [1.82, 2.24) is 9.88 Å². The lowest BCUT2D eigenvalue weighted by Crippen LogP contribution is -2.33. The number of nitrogens with two attached hydrogens (primary N) is 1. The van der Waals surface area contributed by atoms with E-state index in [1.807, 2.05) is 47.5 Å². The second-order valence-electron chi connectivity index (χ2n) is 6.66. The van der Waals surface area contributed by atoms with Crippen LogP contribution in [0, 0.1) is 6.92 Å². The molecule has 1 aliphatic heterocycles. The molecule has 1 saturated heterocycles. The van der Waals surface area contributed by atoms with Crippen molar-refractivity contribution in [2.45, 2.75) is 25.3 Å². The molecule has 0 radical (unpaired) electrons. The topological polar surface area (TPSA) is 72.4 Å². The highest BCUT2D eigenvalue weighted by atomic mass is 35.5. The summed E-state index contributed by atoms with van der Waals surface area (Å²) in [6.07, 6.45) is 0.245. The quantitative estimate of drug-likeness (QED) is 0.665. The molecule has 28 heavy (non-hydrogen) atoms. The molecule has 3 heterocycles. The van der Waals surface area contributed by atoms with Crippen molar-refractivity contribution in [3.63, 3.8) is 0 Å². The third-order valence-corrected chi connectivity index (χ3v) is 5.75. The lowest BCUT2D eigenvalue weighted by molar-refractivity contribution is -0.129. The second-order valence-corrected chi connectivity index (χ2v) is 7.60. The van der Waals surface area contributed by atoms with Crippen LogP contribution in [0.25, 0.3) is 10.8 Å². The van der Waals surface area contributed by atoms with Crippen molar-refractivity contribution in [1.29, 1.82) is 0 Å². The maximum Gasteiger partial charge on any atom is 0.236 e. The maximum absolute atomic E-state index is 12.8. The first kappa shape index (κ1) is 22.4. The summed E-state index contributed by atoms with van der Waals surface area (Å²) in [5.41, 5.74) is 8.20. The molecule has 0 spiro atoms. The van der Waals surface area contributed by atoms with E-state index in [1.54, 1.807) is 11.3 Å². The predicted molar refractivity (Wildman–Crippen MR) is 116 cm³/mol. The number of aromatic nitrogens is 1. The highest BCUT2D eigenvalue weighted by Gasteiger charge is 2.34. The minimum atomic E-state index is -0.0403. The van der Waals surface area contributed by atoms with Crippen LogP contribution in [0.4, 0.5) is 0 Å². The molecule has 150 valence electrons. The standard InChI is InChI=1S/C20H21N3O2S.2ClH/c1-13-17(22-20(25-13)18-8-5-9-26-18)10-19(24)23-11-15(16(21)12-23)14-6-3-2-4-7-14;;/h2-9,15-16H,10-12,21H2,1H3;2*1H/t15-,16+;;/m0../s1. The monoisotopic (exact) mass is 439 g/mol. The van der Waals surface area contributed by atoms with Crippen molar-refractivity contribution in [2.24, 2.45) is 5.73 Å². The minimum Gasteiger partial charge on any atom is -0.440 e. The largest absolute Gasteiger partial charge is 0.440 e. The molecular weight excluding hydrogens is 417 g/mol. The van der Waals surface area contributed by atoms with Gasteiger partial charge in [-0.05, 0) is 23.9 Å². The van der Waals surface area contributed by atoms with Crippen molar-refractivity contribution < 1.29 is 9.21 Å². The van der Waals surface area contributed by atoms with Gasteiger partial charge in [-0.3, -0.25) is 4.79 Å². The summed E-state index contributed by atoms with van der Waals surface area (Å²) in [6, 6.07) is 14.0. The summed E-state index contributed by atoms with van der Waals surface area (Å²) in [5.74, 6) is 1.51. The fraction of sp³-hybridized carbons (Fsp3) is 0.300. The molecule has 5 nitrogen and oxygen atoms in total. The molecule has 8 heteroatoms. The number of likely N-dealkylation sites (tertiary alicyclic amines) is 1. The van der Waals surface area contributed by atoms with Crippen LogP contribution < -0.4 is 5.73 Å². The van der Waals surface area contributed by atoms with Gasteiger partial charge in [-0.1, -0.05) is 36.4 Å². The van der Waals surface area contributed by atoms with Crippen molar-refractivity contribution >= 4 is 42.1 Å². The van der Waals surface area contributed by atoms with E-state index < -0.39 is 0 Å². The summed E-state index contributed by atoms with van der Waals surface area (Å²) in [5, 5.41) is 1.98. The minimum absolute atomic E-state index is 0. The van der Waals surface area contributed by atoms with E-state index in [0.717, 1.165) is 4.88 Å². The Bertz CT molecular complexity index is 900. The Balaban J connectivity index is 0.00000140. The van der Waals surface area contributed by atoms with Crippen LogP contribution in [0.15, 0.2) is 52.3 Å². The summed E-state index contributed by atoms with van der Waals surface area (Å²) in [4.78, 5) is 20.1. The number of hydrogen-bond donors (Lipinski definition) is 1. The van der Waals surface area contributed by atoms with E-state index in [2.05, 4.69) is 17.1 Å². The molecule has 3 aromatic rings. The Hall–Kier alpha value is -1.86. The third-order valence-electron chi connectivity index (χ3n) is 4.89. The first-order valence-corrected chi connectivity index (χ1v) is 9.58. The summed E-state index contributed by atoms with van der Waals surface area (Å²) in [6.45, 7) is 3.08. The number of hydrogen-bond acceptors (Lipinski definition) is 5. The number of amides is 1. The Kier molecular flexibility index (Phi) is 7.66. The van der Waals surface area contributed by atoms with Crippen molar-refractivity contribution in [3.8, 4) is 10.8 Å². The van der Waals surface area contributed by atoms with Gasteiger partial charge in [0.2, 0.25) is 11.8 Å². The van der Waals surface area contributed by atoms with Crippen LogP contribution in [-0.4, -0.2) is 34.9 Å². The zero-order chi connectivity index (χ0) is 18.1. The number of rotatable bonds is 4. The zero-order valence-electron chi connectivity index (χ0n) is 15.4. The van der Waals surface area contributed by atoms with Gasteiger partial charge in [-0.25, -0.2) is 4.98 Å². The van der Waals surface area contributed by atoms with Gasteiger partial charge in [0.1, 0.15) is 5.76 Å². The molecule has 1 fully saturated rings. The van der Waals surface area contributed by atoms with E-state index in [9.17, 15) is 4.79 Å². The SMILES string of the molecule is Cc1oc(-c2cccs2)nc1CC(=O)N1C[C@@H](N)[C@H](c2ccccc2)C1.Cl.Cl. The van der Waals surface area contributed by atoms with Crippen LogP contribution in [0.3, 0.4) is 0 Å². The average Bonchev–Trinajstić information content (AvgIpc) is 3.36. The first-order chi connectivity index (χ1) is 12.6. The van der Waals surface area contributed by atoms with Crippen LogP contribution in [-0.2, 0) is 11.2 Å². The van der Waals surface area contributed by atoms with Crippen LogP contribution >= 0.6 is 36.2 Å². The van der Waals surface area contributed by atoms with Gasteiger partial charge in [-0.15, -0.1) is 36.2 Å². The highest BCUT2D eigenvalue weighted by molar-refractivity contribution is 7.13. The van der Waals surface area contributed by atoms with Gasteiger partial charge >= 0.3 is 0 Å². The van der Waals surface area contributed by atoms with Gasteiger partial charge in [0, 0.05) is 25.0 Å². The third kappa shape index (κ3) is 4.58. The Morgan fingerprint density at radius 1 is 1.21 bits per heavy atom. The maximum atomic E-state index is 12.8. The number of oxazole rings is 1. The number of nitrogens with zero attached hydrogens (tertiary/aromatic N) is 2. The Morgan fingerprint density at radius 2 is 1.96 bits per heavy atom. The molecule has 0 bridgehead atoms. The van der Waals surface area contributed by atoms with Gasteiger partial charge in [-0.2, -0.15) is 0 Å². The molecule has 0 aliphatic carbocycles. The van der Waals surface area contributed by atoms with Crippen molar-refractivity contribution in [3.05, 3.63) is 64.9 Å². The van der Waals surface area contributed by atoms with Crippen LogP contribution in [0.5, 0.6) is 0 Å². The molecule has 4 rings (SSSR count). The van der Waals surface area contributed by atoms with Gasteiger partial charge in [0.05, 0.1) is 17.0 Å². The number of thiophene rings is 1. The zero-order valence-corrected chi connectivity index (χ0v) is 17.9. The molecular formula is C20H23Cl2N3O2S. The van der Waals surface area contributed by atoms with E-state index >= 15 is 0 Å². The Labute approximate surface area is 180 Å². The molecule has 1 aliphatic rings. The van der Waals surface area contributed by atoms with E-state index in [0.29, 0.717) is 30.4 Å². The molecule has 0 saturated carbocycles. The number of aryl methyl sites for hydroxylation is 1. The molecule has 1 aromatic carbocycles. The molecule has 2 atom stereocenters. The molecule has 2 aromatic heterocycles. The average molecular weight is 440 g/mol. The van der Waals surface area contributed by atoms with E-state index in [1.165, 1.54) is 5.56 Å². The lowest BCUT2D eigenvalue weighted by atomic mass is 9.95. The number of benzene rings is 1. The fourth-order valence-corrected chi connectivity index (χ4v) is 4.09. The summed E-state index contributed by atoms with van der Waals surface area (Å²) < 4.78 is 5.74. The van der Waals surface area contributed by atoms with Gasteiger partial charge in [0.15, 0.2) is 0 Å². The molecule has 0 unspecified atom stereocenters. The number of carbonyl (C=O) groups excluding carboxylic acids is 1. The predicted octanol–water partition coefficient (Wildman–Crippen LogP) is 4.05. The normalized spacial score (nSPS) is 18.4. The number of carbonyl (C=O) groups is 1. The molecule has 1 amide bonds. The number of halogens is 2. The lowest BCUT2D eigenvalue weighted by Gasteiger charge is -2.16. The van der Waals surface area contributed by atoms with E-state index in [-0.39, 0.29) is 49.1 Å². The van der Waals surface area contributed by atoms with Gasteiger partial charge < -0.3 is 15.1 Å². The Morgan fingerprint density at radius 3 is 2.64 bits per heavy atom. The summed E-state index contributed by atoms with van der Waals surface area (Å²) in [7, 11) is 0.